The average Bonchev–Trinajstić information content (AvgIpc) is 2.50. The van der Waals surface area contributed by atoms with E-state index in [1.807, 2.05) is 27.7 Å². The molecule has 1 rings (SSSR count). The van der Waals surface area contributed by atoms with Gasteiger partial charge in [-0.3, -0.25) is 9.69 Å². The molecule has 4 heteroatoms. The Labute approximate surface area is 91.2 Å². The number of hydrogen-bond donors (Lipinski definition) is 1. The molecule has 1 atom stereocenters. The highest BCUT2D eigenvalue weighted by Gasteiger charge is 2.33. The van der Waals surface area contributed by atoms with Gasteiger partial charge in [0, 0.05) is 13.0 Å². The summed E-state index contributed by atoms with van der Waals surface area (Å²) < 4.78 is 5.51. The van der Waals surface area contributed by atoms with Gasteiger partial charge in [0.2, 0.25) is 12.3 Å². The van der Waals surface area contributed by atoms with Crippen LogP contribution in [0.4, 0.5) is 0 Å². The maximum absolute atomic E-state index is 11.4. The van der Waals surface area contributed by atoms with Crippen molar-refractivity contribution in [2.24, 2.45) is 5.92 Å². The van der Waals surface area contributed by atoms with E-state index in [1.54, 1.807) is 0 Å². The first kappa shape index (κ1) is 12.5. The summed E-state index contributed by atoms with van der Waals surface area (Å²) in [6.45, 7) is 8.48. The molecule has 1 aliphatic rings. The van der Waals surface area contributed by atoms with Gasteiger partial charge in [-0.1, -0.05) is 13.8 Å². The molecule has 0 aromatic carbocycles. The van der Waals surface area contributed by atoms with E-state index in [4.69, 9.17) is 4.74 Å². The molecule has 0 unspecified atom stereocenters. The maximum Gasteiger partial charge on any atom is 0.240 e. The fourth-order valence-electron chi connectivity index (χ4n) is 1.37. The van der Waals surface area contributed by atoms with E-state index in [-0.39, 0.29) is 11.8 Å². The van der Waals surface area contributed by atoms with Crippen molar-refractivity contribution in [2.75, 3.05) is 6.54 Å². The monoisotopic (exact) mass is 215 g/mol. The summed E-state index contributed by atoms with van der Waals surface area (Å²) >= 11 is 0. The molecule has 0 spiro atoms. The summed E-state index contributed by atoms with van der Waals surface area (Å²) in [7, 11) is 0. The minimum absolute atomic E-state index is 0.0259. The highest BCUT2D eigenvalue weighted by Crippen LogP contribution is 2.24. The number of likely N-dealkylation sites (tertiary alicyclic amines) is 1. The molecular formula is C11H21NO3. The number of amides is 1. The molecule has 1 saturated heterocycles. The zero-order valence-corrected chi connectivity index (χ0v) is 9.99. The van der Waals surface area contributed by atoms with Crippen LogP contribution >= 0.6 is 0 Å². The summed E-state index contributed by atoms with van der Waals surface area (Å²) in [5, 5.41) is 9.79. The minimum Gasteiger partial charge on any atom is -0.351 e. The third-order valence-corrected chi connectivity index (χ3v) is 3.18. The second kappa shape index (κ2) is 4.49. The number of nitrogens with zero attached hydrogens (tertiary/aromatic N) is 1. The van der Waals surface area contributed by atoms with Gasteiger partial charge in [-0.15, -0.1) is 0 Å². The minimum atomic E-state index is -1.10. The van der Waals surface area contributed by atoms with E-state index in [1.165, 1.54) is 4.90 Å². The number of aliphatic hydroxyl groups excluding tert-OH is 1. The lowest BCUT2D eigenvalue weighted by atomic mass is 9.95. The molecule has 0 aromatic rings. The van der Waals surface area contributed by atoms with E-state index in [0.29, 0.717) is 13.0 Å². The third-order valence-electron chi connectivity index (χ3n) is 3.18. The standard InChI is InChI=1S/C11H21NO3/c1-8(2)11(3,4)15-10(14)12-7-5-6-9(12)13/h8,10,14H,5-7H2,1-4H3/t10-/m0/s1. The van der Waals surface area contributed by atoms with Crippen molar-refractivity contribution in [2.45, 2.75) is 52.6 Å². The van der Waals surface area contributed by atoms with Crippen LogP contribution in [0.5, 0.6) is 0 Å². The van der Waals surface area contributed by atoms with E-state index in [0.717, 1.165) is 6.42 Å². The molecule has 88 valence electrons. The highest BCUT2D eigenvalue weighted by molar-refractivity contribution is 5.78. The number of carbonyl (C=O) groups excluding carboxylic acids is 1. The predicted molar refractivity (Wildman–Crippen MR) is 57.0 cm³/mol. The Morgan fingerprint density at radius 1 is 1.47 bits per heavy atom. The Morgan fingerprint density at radius 2 is 2.07 bits per heavy atom. The molecule has 1 fully saturated rings. The highest BCUT2D eigenvalue weighted by atomic mass is 16.6. The number of rotatable bonds is 4. The molecule has 0 aliphatic carbocycles. The first-order valence-electron chi connectivity index (χ1n) is 5.50. The molecule has 1 amide bonds. The lowest BCUT2D eigenvalue weighted by Crippen LogP contribution is -2.45. The number of carbonyl (C=O) groups is 1. The lowest BCUT2D eigenvalue weighted by Gasteiger charge is -2.35. The van der Waals surface area contributed by atoms with Crippen molar-refractivity contribution in [1.29, 1.82) is 0 Å². The molecule has 1 aliphatic heterocycles. The van der Waals surface area contributed by atoms with Crippen LogP contribution in [-0.4, -0.2) is 34.5 Å². The Kier molecular flexibility index (Phi) is 3.73. The smallest absolute Gasteiger partial charge is 0.240 e. The zero-order valence-electron chi connectivity index (χ0n) is 9.99. The largest absolute Gasteiger partial charge is 0.351 e. The maximum atomic E-state index is 11.4. The van der Waals surface area contributed by atoms with E-state index in [9.17, 15) is 9.90 Å². The molecule has 0 bridgehead atoms. The van der Waals surface area contributed by atoms with Gasteiger partial charge in [-0.25, -0.2) is 0 Å². The molecule has 0 radical (unpaired) electrons. The molecule has 0 saturated carbocycles. The topological polar surface area (TPSA) is 49.8 Å². The van der Waals surface area contributed by atoms with Gasteiger partial charge < -0.3 is 9.84 Å². The van der Waals surface area contributed by atoms with E-state index < -0.39 is 12.0 Å². The van der Waals surface area contributed by atoms with Gasteiger partial charge in [-0.05, 0) is 26.2 Å². The zero-order chi connectivity index (χ0) is 11.6. The average molecular weight is 215 g/mol. The van der Waals surface area contributed by atoms with Crippen molar-refractivity contribution < 1.29 is 14.6 Å². The van der Waals surface area contributed by atoms with Gasteiger partial charge in [-0.2, -0.15) is 0 Å². The predicted octanol–water partition coefficient (Wildman–Crippen LogP) is 1.34. The molecule has 1 heterocycles. The van der Waals surface area contributed by atoms with Crippen LogP contribution in [0.2, 0.25) is 0 Å². The Bertz CT molecular complexity index is 238. The van der Waals surface area contributed by atoms with Gasteiger partial charge in [0.05, 0.1) is 5.60 Å². The van der Waals surface area contributed by atoms with Crippen molar-refractivity contribution in [1.82, 2.24) is 4.90 Å². The first-order chi connectivity index (χ1) is 6.84. The van der Waals surface area contributed by atoms with Crippen LogP contribution in [0.15, 0.2) is 0 Å². The molecular weight excluding hydrogens is 194 g/mol. The summed E-state index contributed by atoms with van der Waals surface area (Å²) in [5.41, 5.74) is -0.428. The van der Waals surface area contributed by atoms with Crippen molar-refractivity contribution in [3.8, 4) is 0 Å². The SMILES string of the molecule is CC(C)C(C)(C)O[C@H](O)N1CCCC1=O. The van der Waals surface area contributed by atoms with E-state index >= 15 is 0 Å². The lowest BCUT2D eigenvalue weighted by molar-refractivity contribution is -0.245. The normalized spacial score (nSPS) is 20.1. The molecule has 0 aromatic heterocycles. The summed E-state index contributed by atoms with van der Waals surface area (Å²) in [6.07, 6.45) is 0.224. The van der Waals surface area contributed by atoms with Gasteiger partial charge >= 0.3 is 0 Å². The first-order valence-corrected chi connectivity index (χ1v) is 5.50. The fourth-order valence-corrected chi connectivity index (χ4v) is 1.37. The molecule has 1 N–H and O–H groups in total. The van der Waals surface area contributed by atoms with Gasteiger partial charge in [0.1, 0.15) is 0 Å². The van der Waals surface area contributed by atoms with Crippen molar-refractivity contribution in [3.05, 3.63) is 0 Å². The Hall–Kier alpha value is -0.610. The number of hydrogen-bond acceptors (Lipinski definition) is 3. The summed E-state index contributed by atoms with van der Waals surface area (Å²) in [4.78, 5) is 12.8. The van der Waals surface area contributed by atoms with Gasteiger partial charge in [0.15, 0.2) is 0 Å². The van der Waals surface area contributed by atoms with E-state index in [2.05, 4.69) is 0 Å². The van der Waals surface area contributed by atoms with Crippen LogP contribution in [-0.2, 0) is 9.53 Å². The van der Waals surface area contributed by atoms with Crippen LogP contribution in [0.3, 0.4) is 0 Å². The van der Waals surface area contributed by atoms with Crippen molar-refractivity contribution in [3.63, 3.8) is 0 Å². The molecule has 4 nitrogen and oxygen atoms in total. The third kappa shape index (κ3) is 2.92. The number of aliphatic hydroxyl groups is 1. The summed E-state index contributed by atoms with van der Waals surface area (Å²) in [5.74, 6) is 0.256. The number of ether oxygens (including phenoxy) is 1. The van der Waals surface area contributed by atoms with Crippen LogP contribution in [0.1, 0.15) is 40.5 Å². The quantitative estimate of drug-likeness (QED) is 0.720. The van der Waals surface area contributed by atoms with Crippen molar-refractivity contribution >= 4 is 5.91 Å². The fraction of sp³-hybridized carbons (Fsp3) is 0.909. The van der Waals surface area contributed by atoms with Crippen LogP contribution in [0.25, 0.3) is 0 Å². The Balaban J connectivity index is 2.54. The molecule has 15 heavy (non-hydrogen) atoms. The second-order valence-corrected chi connectivity index (χ2v) is 4.89. The van der Waals surface area contributed by atoms with Gasteiger partial charge in [0.25, 0.3) is 0 Å². The van der Waals surface area contributed by atoms with Crippen LogP contribution in [0, 0.1) is 5.92 Å². The Morgan fingerprint density at radius 3 is 2.47 bits per heavy atom. The summed E-state index contributed by atoms with van der Waals surface area (Å²) in [6, 6.07) is 0. The van der Waals surface area contributed by atoms with Crippen LogP contribution < -0.4 is 0 Å². The second-order valence-electron chi connectivity index (χ2n) is 4.89.